The topological polar surface area (TPSA) is 21.3 Å². The maximum absolute atomic E-state index is 5.99. The molecule has 0 fully saturated rings. The molecule has 96 valence electrons. The van der Waals surface area contributed by atoms with E-state index in [4.69, 9.17) is 16.3 Å². The van der Waals surface area contributed by atoms with Crippen molar-refractivity contribution in [3.8, 4) is 5.75 Å². The second-order valence-electron chi connectivity index (χ2n) is 4.95. The average Bonchev–Trinajstić information content (AvgIpc) is 2.23. The highest BCUT2D eigenvalue weighted by atomic mass is 35.5. The molecule has 0 heterocycles. The first-order chi connectivity index (χ1) is 7.94. The van der Waals surface area contributed by atoms with Gasteiger partial charge in [-0.25, -0.2) is 0 Å². The second kappa shape index (κ2) is 6.27. The molecule has 17 heavy (non-hydrogen) atoms. The largest absolute Gasteiger partial charge is 0.487 e. The Labute approximate surface area is 109 Å². The third kappa shape index (κ3) is 4.97. The minimum atomic E-state index is -0.213. The van der Waals surface area contributed by atoms with Crippen LogP contribution in [0, 0.1) is 6.92 Å². The Morgan fingerprint density at radius 3 is 2.65 bits per heavy atom. The van der Waals surface area contributed by atoms with E-state index in [9.17, 15) is 0 Å². The van der Waals surface area contributed by atoms with Crippen LogP contribution in [-0.2, 0) is 0 Å². The van der Waals surface area contributed by atoms with Crippen molar-refractivity contribution in [2.45, 2.75) is 39.7 Å². The molecule has 0 aliphatic heterocycles. The quantitative estimate of drug-likeness (QED) is 0.781. The van der Waals surface area contributed by atoms with Gasteiger partial charge < -0.3 is 10.1 Å². The number of halogens is 1. The molecule has 1 aromatic carbocycles. The van der Waals surface area contributed by atoms with Crippen LogP contribution in [0.25, 0.3) is 0 Å². The summed E-state index contributed by atoms with van der Waals surface area (Å²) in [6, 6.07) is 5.77. The predicted octanol–water partition coefficient (Wildman–Crippen LogP) is 3.81. The number of hydrogen-bond donors (Lipinski definition) is 1. The first-order valence-electron chi connectivity index (χ1n) is 6.10. The molecule has 0 bridgehead atoms. The molecule has 0 aromatic heterocycles. The summed E-state index contributed by atoms with van der Waals surface area (Å²) < 4.78 is 5.96. The molecule has 1 rings (SSSR count). The molecule has 0 amide bonds. The molecule has 0 saturated carbocycles. The molecule has 1 N–H and O–H groups in total. The van der Waals surface area contributed by atoms with Crippen molar-refractivity contribution in [1.82, 2.24) is 5.32 Å². The van der Waals surface area contributed by atoms with Crippen LogP contribution in [0.5, 0.6) is 5.75 Å². The van der Waals surface area contributed by atoms with E-state index in [0.29, 0.717) is 0 Å². The van der Waals surface area contributed by atoms with E-state index in [1.165, 1.54) is 0 Å². The number of aryl methyl sites for hydroxylation is 1. The Hall–Kier alpha value is -0.730. The molecule has 0 aliphatic carbocycles. The first-order valence-corrected chi connectivity index (χ1v) is 6.48. The third-order valence-corrected chi connectivity index (χ3v) is 2.93. The van der Waals surface area contributed by atoms with Crippen molar-refractivity contribution in [2.24, 2.45) is 0 Å². The average molecular weight is 256 g/mol. The Morgan fingerprint density at radius 1 is 1.35 bits per heavy atom. The minimum absolute atomic E-state index is 0.213. The van der Waals surface area contributed by atoms with Crippen LogP contribution in [0.1, 0.15) is 32.8 Å². The van der Waals surface area contributed by atoms with Gasteiger partial charge in [-0.05, 0) is 57.5 Å². The lowest BCUT2D eigenvalue weighted by Crippen LogP contribution is -2.40. The van der Waals surface area contributed by atoms with Crippen LogP contribution in [0.4, 0.5) is 0 Å². The summed E-state index contributed by atoms with van der Waals surface area (Å²) in [7, 11) is 0. The highest BCUT2D eigenvalue weighted by Crippen LogP contribution is 2.24. The van der Waals surface area contributed by atoms with Crippen LogP contribution >= 0.6 is 11.6 Å². The van der Waals surface area contributed by atoms with E-state index < -0.39 is 0 Å². The van der Waals surface area contributed by atoms with Crippen molar-refractivity contribution in [3.63, 3.8) is 0 Å². The van der Waals surface area contributed by atoms with Gasteiger partial charge in [0, 0.05) is 11.6 Å². The van der Waals surface area contributed by atoms with Gasteiger partial charge in [-0.1, -0.05) is 18.5 Å². The minimum Gasteiger partial charge on any atom is -0.487 e. The van der Waals surface area contributed by atoms with Gasteiger partial charge in [-0.15, -0.1) is 0 Å². The molecule has 2 nitrogen and oxygen atoms in total. The smallest absolute Gasteiger partial charge is 0.120 e. The zero-order valence-corrected chi connectivity index (χ0v) is 11.9. The lowest BCUT2D eigenvalue weighted by Gasteiger charge is -2.27. The van der Waals surface area contributed by atoms with Crippen LogP contribution < -0.4 is 10.1 Å². The number of ether oxygens (including phenoxy) is 1. The summed E-state index contributed by atoms with van der Waals surface area (Å²) >= 11 is 5.99. The van der Waals surface area contributed by atoms with Crippen LogP contribution in [0.3, 0.4) is 0 Å². The molecule has 0 radical (unpaired) electrons. The summed E-state index contributed by atoms with van der Waals surface area (Å²) in [5.74, 6) is 0.871. The van der Waals surface area contributed by atoms with Gasteiger partial charge in [0.1, 0.15) is 11.4 Å². The van der Waals surface area contributed by atoms with E-state index in [1.807, 2.05) is 25.1 Å². The van der Waals surface area contributed by atoms with Gasteiger partial charge in [-0.3, -0.25) is 0 Å². The van der Waals surface area contributed by atoms with Crippen LogP contribution in [-0.4, -0.2) is 18.7 Å². The molecular weight excluding hydrogens is 234 g/mol. The van der Waals surface area contributed by atoms with Crippen LogP contribution in [0.15, 0.2) is 18.2 Å². The molecule has 0 unspecified atom stereocenters. The van der Waals surface area contributed by atoms with Crippen molar-refractivity contribution in [3.05, 3.63) is 28.8 Å². The maximum Gasteiger partial charge on any atom is 0.120 e. The number of nitrogens with one attached hydrogen (secondary N) is 1. The maximum atomic E-state index is 5.99. The van der Waals surface area contributed by atoms with Gasteiger partial charge in [-0.2, -0.15) is 0 Å². The highest BCUT2D eigenvalue weighted by Gasteiger charge is 2.19. The fraction of sp³-hybridized carbons (Fsp3) is 0.571. The lowest BCUT2D eigenvalue weighted by molar-refractivity contribution is 0.108. The SMILES string of the molecule is CCCNCC(C)(C)Oc1ccc(Cl)c(C)c1. The second-order valence-corrected chi connectivity index (χ2v) is 5.36. The molecule has 0 spiro atoms. The summed E-state index contributed by atoms with van der Waals surface area (Å²) in [6.45, 7) is 10.2. The van der Waals surface area contributed by atoms with E-state index in [0.717, 1.165) is 35.8 Å². The molecular formula is C14H22ClNO. The molecule has 3 heteroatoms. The highest BCUT2D eigenvalue weighted by molar-refractivity contribution is 6.31. The fourth-order valence-electron chi connectivity index (χ4n) is 1.60. The van der Waals surface area contributed by atoms with E-state index in [-0.39, 0.29) is 5.60 Å². The Bertz CT molecular complexity index is 363. The number of hydrogen-bond acceptors (Lipinski definition) is 2. The Kier molecular flexibility index (Phi) is 5.29. The van der Waals surface area contributed by atoms with Crippen LogP contribution in [0.2, 0.25) is 5.02 Å². The summed E-state index contributed by atoms with van der Waals surface area (Å²) in [5, 5.41) is 4.15. The number of benzene rings is 1. The van der Waals surface area contributed by atoms with Gasteiger partial charge in [0.05, 0.1) is 0 Å². The van der Waals surface area contributed by atoms with Gasteiger partial charge >= 0.3 is 0 Å². The van der Waals surface area contributed by atoms with Gasteiger partial charge in [0.25, 0.3) is 0 Å². The Morgan fingerprint density at radius 2 is 2.06 bits per heavy atom. The number of rotatable bonds is 6. The lowest BCUT2D eigenvalue weighted by atomic mass is 10.1. The zero-order valence-electron chi connectivity index (χ0n) is 11.1. The van der Waals surface area contributed by atoms with Crippen molar-refractivity contribution in [1.29, 1.82) is 0 Å². The van der Waals surface area contributed by atoms with Crippen molar-refractivity contribution >= 4 is 11.6 Å². The first kappa shape index (κ1) is 14.3. The van der Waals surface area contributed by atoms with Gasteiger partial charge in [0.15, 0.2) is 0 Å². The summed E-state index contributed by atoms with van der Waals surface area (Å²) in [4.78, 5) is 0. The van der Waals surface area contributed by atoms with E-state index in [2.05, 4.69) is 26.1 Å². The fourth-order valence-corrected chi connectivity index (χ4v) is 1.72. The molecule has 1 aromatic rings. The Balaban J connectivity index is 2.59. The van der Waals surface area contributed by atoms with Crippen molar-refractivity contribution in [2.75, 3.05) is 13.1 Å². The molecule has 0 saturated heterocycles. The zero-order chi connectivity index (χ0) is 12.9. The molecule has 0 atom stereocenters. The van der Waals surface area contributed by atoms with E-state index in [1.54, 1.807) is 0 Å². The normalized spacial score (nSPS) is 11.6. The van der Waals surface area contributed by atoms with Crippen molar-refractivity contribution < 1.29 is 4.74 Å². The molecule has 0 aliphatic rings. The predicted molar refractivity (Wildman–Crippen MR) is 74.1 cm³/mol. The summed E-state index contributed by atoms with van der Waals surface area (Å²) in [6.07, 6.45) is 1.14. The van der Waals surface area contributed by atoms with E-state index >= 15 is 0 Å². The standard InChI is InChI=1S/C14H22ClNO/c1-5-8-16-10-14(3,4)17-12-6-7-13(15)11(2)9-12/h6-7,9,16H,5,8,10H2,1-4H3. The summed E-state index contributed by atoms with van der Waals surface area (Å²) in [5.41, 5.74) is 0.830. The monoisotopic (exact) mass is 255 g/mol. The third-order valence-electron chi connectivity index (χ3n) is 2.50. The van der Waals surface area contributed by atoms with Gasteiger partial charge in [0.2, 0.25) is 0 Å².